The van der Waals surface area contributed by atoms with E-state index in [1.165, 1.54) is 22.8 Å². The summed E-state index contributed by atoms with van der Waals surface area (Å²) >= 11 is 5.60. The second kappa shape index (κ2) is 13.9. The van der Waals surface area contributed by atoms with Crippen LogP contribution >= 0.6 is 11.6 Å². The van der Waals surface area contributed by atoms with Gasteiger partial charge in [0.05, 0.1) is 11.4 Å². The maximum Gasteiger partial charge on any atom is 0.255 e. The summed E-state index contributed by atoms with van der Waals surface area (Å²) in [6, 6.07) is 15.9. The smallest absolute Gasteiger partial charge is 0.255 e. The van der Waals surface area contributed by atoms with Crippen molar-refractivity contribution in [3.8, 4) is 5.69 Å². The molecule has 0 aliphatic heterocycles. The van der Waals surface area contributed by atoms with Gasteiger partial charge in [0.25, 0.3) is 5.56 Å². The van der Waals surface area contributed by atoms with Crippen LogP contribution in [0.15, 0.2) is 71.7 Å². The molecule has 3 N–H and O–H groups in total. The maximum absolute atomic E-state index is 13.6. The van der Waals surface area contributed by atoms with Crippen LogP contribution in [0, 0.1) is 11.7 Å². The highest BCUT2D eigenvalue weighted by molar-refractivity contribution is 6.30. The Kier molecular flexibility index (Phi) is 10.9. The van der Waals surface area contributed by atoms with Gasteiger partial charge in [-0.25, -0.2) is 4.39 Å². The largest absolute Gasteiger partial charge is 0.377 e. The van der Waals surface area contributed by atoms with E-state index >= 15 is 0 Å². The van der Waals surface area contributed by atoms with Crippen LogP contribution in [0.4, 0.5) is 15.8 Å². The monoisotopic (exact) mass is 502 g/mol. The molecule has 0 saturated heterocycles. The van der Waals surface area contributed by atoms with Crippen molar-refractivity contribution in [1.29, 1.82) is 0 Å². The lowest BCUT2D eigenvalue weighted by molar-refractivity contribution is -0.130. The highest BCUT2D eigenvalue weighted by atomic mass is 35.5. The van der Waals surface area contributed by atoms with Crippen molar-refractivity contribution < 1.29 is 19.1 Å². The van der Waals surface area contributed by atoms with Crippen LogP contribution in [0.5, 0.6) is 0 Å². The molecule has 1 aliphatic rings. The number of aromatic nitrogens is 1. The Hall–Kier alpha value is -3.69. The van der Waals surface area contributed by atoms with Crippen molar-refractivity contribution in [2.75, 3.05) is 31.5 Å². The molecule has 0 unspecified atom stereocenters. The number of hydrogen-bond donors (Lipinski definition) is 3. The van der Waals surface area contributed by atoms with Gasteiger partial charge in [-0.15, -0.1) is 0 Å². The van der Waals surface area contributed by atoms with Crippen LogP contribution in [0.25, 0.3) is 5.69 Å². The minimum atomic E-state index is -0.521. The van der Waals surface area contributed by atoms with Crippen LogP contribution in [0.1, 0.15) is 12.8 Å². The predicted octanol–water partition coefficient (Wildman–Crippen LogP) is 3.73. The first-order valence-corrected chi connectivity index (χ1v) is 11.1. The quantitative estimate of drug-likeness (QED) is 0.352. The molecule has 4 rings (SSSR count). The van der Waals surface area contributed by atoms with Gasteiger partial charge in [0.1, 0.15) is 12.5 Å². The summed E-state index contributed by atoms with van der Waals surface area (Å²) in [4.78, 5) is 33.9. The molecule has 1 aliphatic carbocycles. The standard InChI is InChI=1S/C12H11FN2O2.C7H6ClNO.C6H11NO/c13-10-7-9(4-5-11(10)14-8-16)15-6-2-1-3-12(15)17;8-6-1-3-7(4-2-6)9-5-10;1-7(2)6(8)5-3-4-5/h1-7,14,16H,8H2;1-5H,(H,9,10);5H,3-4H2,1-2H3. The summed E-state index contributed by atoms with van der Waals surface area (Å²) in [5.74, 6) is 0.155. The zero-order valence-electron chi connectivity index (χ0n) is 19.4. The molecule has 10 heteroatoms. The van der Waals surface area contributed by atoms with Gasteiger partial charge in [-0.3, -0.25) is 19.0 Å². The van der Waals surface area contributed by atoms with E-state index in [1.807, 2.05) is 0 Å². The summed E-state index contributed by atoms with van der Waals surface area (Å²) in [7, 11) is 3.61. The highest BCUT2D eigenvalue weighted by Gasteiger charge is 2.30. The van der Waals surface area contributed by atoms with E-state index in [-0.39, 0.29) is 18.0 Å². The number of anilines is 2. The third-order valence-electron chi connectivity index (χ3n) is 4.76. The van der Waals surface area contributed by atoms with Crippen molar-refractivity contribution in [1.82, 2.24) is 9.47 Å². The van der Waals surface area contributed by atoms with E-state index in [4.69, 9.17) is 16.7 Å². The van der Waals surface area contributed by atoms with Gasteiger partial charge in [0.15, 0.2) is 0 Å². The summed E-state index contributed by atoms with van der Waals surface area (Å²) in [6.07, 6.45) is 4.41. The number of rotatable bonds is 6. The van der Waals surface area contributed by atoms with Gasteiger partial charge < -0.3 is 20.6 Å². The van der Waals surface area contributed by atoms with Crippen LogP contribution in [-0.4, -0.2) is 47.7 Å². The maximum atomic E-state index is 13.6. The first-order chi connectivity index (χ1) is 16.8. The Bertz CT molecular complexity index is 1160. The van der Waals surface area contributed by atoms with E-state index in [9.17, 15) is 18.8 Å². The third kappa shape index (κ3) is 9.23. The minimum Gasteiger partial charge on any atom is -0.377 e. The van der Waals surface area contributed by atoms with Crippen molar-refractivity contribution in [2.24, 2.45) is 5.92 Å². The molecule has 0 radical (unpaired) electrons. The molecule has 35 heavy (non-hydrogen) atoms. The molecule has 3 aromatic rings. The normalized spacial score (nSPS) is 11.7. The fourth-order valence-electron chi connectivity index (χ4n) is 2.83. The van der Waals surface area contributed by atoms with E-state index in [0.717, 1.165) is 18.5 Å². The number of carbonyl (C=O) groups is 2. The third-order valence-corrected chi connectivity index (χ3v) is 5.01. The lowest BCUT2D eigenvalue weighted by atomic mass is 10.2. The Labute approximate surface area is 208 Å². The molecule has 2 aromatic carbocycles. The number of pyridine rings is 1. The number of carbonyl (C=O) groups excluding carboxylic acids is 2. The number of aliphatic hydroxyl groups is 1. The van der Waals surface area contributed by atoms with Gasteiger partial charge in [0.2, 0.25) is 12.3 Å². The number of amides is 2. The fraction of sp³-hybridized carbons (Fsp3) is 0.240. The summed E-state index contributed by atoms with van der Waals surface area (Å²) in [5.41, 5.74) is 1.16. The number of halogens is 2. The van der Waals surface area contributed by atoms with Gasteiger partial charge in [-0.1, -0.05) is 17.7 Å². The average molecular weight is 503 g/mol. The van der Waals surface area contributed by atoms with E-state index in [0.29, 0.717) is 28.9 Å². The van der Waals surface area contributed by atoms with Gasteiger partial charge in [0, 0.05) is 49.1 Å². The first kappa shape index (κ1) is 27.6. The van der Waals surface area contributed by atoms with E-state index in [1.54, 1.807) is 67.7 Å². The zero-order valence-corrected chi connectivity index (χ0v) is 20.2. The van der Waals surface area contributed by atoms with E-state index in [2.05, 4.69) is 10.6 Å². The molecule has 8 nitrogen and oxygen atoms in total. The lowest BCUT2D eigenvalue weighted by Gasteiger charge is -2.08. The Morgan fingerprint density at radius 2 is 1.86 bits per heavy atom. The number of benzene rings is 2. The Balaban J connectivity index is 0.000000204. The number of hydrogen-bond acceptors (Lipinski definition) is 5. The average Bonchev–Trinajstić information content (AvgIpc) is 3.68. The van der Waals surface area contributed by atoms with Crippen LogP contribution < -0.4 is 16.2 Å². The Morgan fingerprint density at radius 3 is 2.34 bits per heavy atom. The molecule has 0 atom stereocenters. The summed E-state index contributed by atoms with van der Waals surface area (Å²) in [5, 5.41) is 14.3. The SMILES string of the molecule is CN(C)C(=O)C1CC1.O=CNc1ccc(Cl)cc1.O=c1ccccn1-c1ccc(NCO)c(F)c1. The van der Waals surface area contributed by atoms with Crippen LogP contribution in [-0.2, 0) is 9.59 Å². The van der Waals surface area contributed by atoms with Crippen molar-refractivity contribution >= 4 is 35.3 Å². The molecule has 1 aromatic heterocycles. The molecule has 0 spiro atoms. The van der Waals surface area contributed by atoms with Crippen LogP contribution in [0.2, 0.25) is 5.02 Å². The van der Waals surface area contributed by atoms with Crippen molar-refractivity contribution in [3.63, 3.8) is 0 Å². The predicted molar refractivity (Wildman–Crippen MR) is 135 cm³/mol. The second-order valence-corrected chi connectivity index (χ2v) is 8.12. The van der Waals surface area contributed by atoms with Crippen LogP contribution in [0.3, 0.4) is 0 Å². The molecule has 0 bridgehead atoms. The minimum absolute atomic E-state index is 0.195. The molecular formula is C25H28ClFN4O4. The Morgan fingerprint density at radius 1 is 1.17 bits per heavy atom. The number of aliphatic hydroxyl groups excluding tert-OH is 1. The number of nitrogens with one attached hydrogen (secondary N) is 2. The fourth-order valence-corrected chi connectivity index (χ4v) is 2.96. The molecule has 186 valence electrons. The molecule has 1 saturated carbocycles. The van der Waals surface area contributed by atoms with Crippen molar-refractivity contribution in [3.05, 3.63) is 88.1 Å². The lowest BCUT2D eigenvalue weighted by Crippen LogP contribution is -2.22. The highest BCUT2D eigenvalue weighted by Crippen LogP contribution is 2.30. The molecule has 2 amide bonds. The van der Waals surface area contributed by atoms with Gasteiger partial charge in [-0.2, -0.15) is 0 Å². The van der Waals surface area contributed by atoms with Crippen molar-refractivity contribution in [2.45, 2.75) is 12.8 Å². The summed E-state index contributed by atoms with van der Waals surface area (Å²) in [6.45, 7) is -0.346. The van der Waals surface area contributed by atoms with E-state index < -0.39 is 5.82 Å². The van der Waals surface area contributed by atoms with Gasteiger partial charge >= 0.3 is 0 Å². The number of nitrogens with zero attached hydrogens (tertiary/aromatic N) is 2. The second-order valence-electron chi connectivity index (χ2n) is 7.68. The molecule has 1 fully saturated rings. The van der Waals surface area contributed by atoms with Gasteiger partial charge in [-0.05, 0) is 55.3 Å². The topological polar surface area (TPSA) is 104 Å². The molecular weight excluding hydrogens is 475 g/mol. The molecule has 1 heterocycles. The zero-order chi connectivity index (χ0) is 25.8. The first-order valence-electron chi connectivity index (χ1n) is 10.8. The summed E-state index contributed by atoms with van der Waals surface area (Å²) < 4.78 is 14.9.